The molecule has 174 valence electrons. The van der Waals surface area contributed by atoms with E-state index in [0.717, 1.165) is 5.56 Å². The van der Waals surface area contributed by atoms with Gasteiger partial charge in [-0.25, -0.2) is 17.6 Å². The van der Waals surface area contributed by atoms with Crippen LogP contribution in [0.4, 0.5) is 4.39 Å². The van der Waals surface area contributed by atoms with Crippen LogP contribution in [0.3, 0.4) is 0 Å². The van der Waals surface area contributed by atoms with Crippen LogP contribution in [0.5, 0.6) is 0 Å². The summed E-state index contributed by atoms with van der Waals surface area (Å²) in [5.41, 5.74) is 0.763. The van der Waals surface area contributed by atoms with Crippen LogP contribution in [0.15, 0.2) is 33.6 Å². The molecule has 1 aliphatic rings. The van der Waals surface area contributed by atoms with E-state index in [9.17, 15) is 22.4 Å². The first-order valence-corrected chi connectivity index (χ1v) is 11.7. The van der Waals surface area contributed by atoms with E-state index in [-0.39, 0.29) is 72.2 Å². The van der Waals surface area contributed by atoms with Gasteiger partial charge in [-0.15, -0.1) is 0 Å². The van der Waals surface area contributed by atoms with Crippen molar-refractivity contribution in [1.82, 2.24) is 9.21 Å². The predicted octanol–water partition coefficient (Wildman–Crippen LogP) is 2.85. The second-order valence-corrected chi connectivity index (χ2v) is 9.73. The smallest absolute Gasteiger partial charge is 0.342 e. The Hall–Kier alpha value is -2.72. The van der Waals surface area contributed by atoms with Crippen molar-refractivity contribution in [3.8, 4) is 0 Å². The number of hydrogen-bond acceptors (Lipinski definition) is 6. The molecule has 0 spiro atoms. The maximum absolute atomic E-state index is 13.3. The molecule has 1 aromatic heterocycles. The van der Waals surface area contributed by atoms with Crippen molar-refractivity contribution >= 4 is 21.9 Å². The molecule has 1 unspecified atom stereocenters. The Morgan fingerprint density at radius 3 is 2.25 bits per heavy atom. The summed E-state index contributed by atoms with van der Waals surface area (Å²) in [4.78, 5) is 26.3. The molecule has 0 saturated carbocycles. The van der Waals surface area contributed by atoms with Crippen LogP contribution in [0.25, 0.3) is 0 Å². The average Bonchev–Trinajstić information content (AvgIpc) is 3.08. The van der Waals surface area contributed by atoms with Gasteiger partial charge in [0, 0.05) is 32.6 Å². The van der Waals surface area contributed by atoms with E-state index in [0.29, 0.717) is 0 Å². The van der Waals surface area contributed by atoms with Crippen molar-refractivity contribution in [1.29, 1.82) is 0 Å². The molecule has 0 radical (unpaired) electrons. The lowest BCUT2D eigenvalue weighted by Gasteiger charge is -2.34. The minimum Gasteiger partial charge on any atom is -0.465 e. The molecule has 32 heavy (non-hydrogen) atoms. The van der Waals surface area contributed by atoms with Crippen LogP contribution in [0.1, 0.15) is 46.7 Å². The third-order valence-corrected chi connectivity index (χ3v) is 7.76. The fraction of sp³-hybridized carbons (Fsp3) is 0.455. The van der Waals surface area contributed by atoms with E-state index in [4.69, 9.17) is 9.15 Å². The van der Waals surface area contributed by atoms with Crippen molar-refractivity contribution in [3.63, 3.8) is 0 Å². The summed E-state index contributed by atoms with van der Waals surface area (Å²) in [7, 11) is -2.83. The Kier molecular flexibility index (Phi) is 7.04. The zero-order valence-corrected chi connectivity index (χ0v) is 19.4. The Morgan fingerprint density at radius 2 is 1.69 bits per heavy atom. The molecule has 1 amide bonds. The van der Waals surface area contributed by atoms with Gasteiger partial charge in [-0.1, -0.05) is 19.1 Å². The lowest BCUT2D eigenvalue weighted by Crippen LogP contribution is -2.50. The highest BCUT2D eigenvalue weighted by atomic mass is 32.2. The first-order chi connectivity index (χ1) is 15.1. The third kappa shape index (κ3) is 4.71. The molecule has 1 fully saturated rings. The van der Waals surface area contributed by atoms with E-state index < -0.39 is 16.0 Å². The average molecular weight is 467 g/mol. The molecular weight excluding hydrogens is 439 g/mol. The quantitative estimate of drug-likeness (QED) is 0.608. The molecule has 3 rings (SSSR count). The summed E-state index contributed by atoms with van der Waals surface area (Å²) in [6, 6.07) is 6.04. The summed E-state index contributed by atoms with van der Waals surface area (Å²) in [6.45, 7) is 5.56. The second-order valence-electron chi connectivity index (χ2n) is 7.85. The number of benzene rings is 1. The Labute approximate surface area is 187 Å². The van der Waals surface area contributed by atoms with E-state index in [1.165, 1.54) is 37.4 Å². The number of amides is 1. The van der Waals surface area contributed by atoms with Gasteiger partial charge in [0.05, 0.1) is 7.11 Å². The minimum absolute atomic E-state index is 0.0931. The van der Waals surface area contributed by atoms with Gasteiger partial charge in [0.25, 0.3) is 0 Å². The standard InChI is InChI=1S/C22H27FN2O6S/c1-14(17-5-7-18(23)8-6-17)13-19(26)24-9-11-25(12-10-24)32(28,29)21-16(3)31-15(2)20(21)22(27)30-4/h5-8,14H,9-13H2,1-4H3. The largest absolute Gasteiger partial charge is 0.465 e. The fourth-order valence-corrected chi connectivity index (χ4v) is 5.71. The minimum atomic E-state index is -4.01. The maximum atomic E-state index is 13.3. The van der Waals surface area contributed by atoms with E-state index >= 15 is 0 Å². The topological polar surface area (TPSA) is 97.1 Å². The number of aryl methyl sites for hydroxylation is 2. The van der Waals surface area contributed by atoms with Crippen molar-refractivity contribution in [3.05, 3.63) is 52.7 Å². The highest BCUT2D eigenvalue weighted by molar-refractivity contribution is 7.89. The number of carbonyl (C=O) groups excluding carboxylic acids is 2. The maximum Gasteiger partial charge on any atom is 0.342 e. The number of rotatable bonds is 6. The first-order valence-electron chi connectivity index (χ1n) is 10.3. The van der Waals surface area contributed by atoms with Gasteiger partial charge in [0.15, 0.2) is 0 Å². The second kappa shape index (κ2) is 9.41. The number of furan rings is 1. The van der Waals surface area contributed by atoms with Crippen LogP contribution in [-0.4, -0.2) is 62.8 Å². The van der Waals surface area contributed by atoms with Crippen LogP contribution < -0.4 is 0 Å². The van der Waals surface area contributed by atoms with Gasteiger partial charge in [0.2, 0.25) is 15.9 Å². The number of carbonyl (C=O) groups is 2. The first kappa shape index (κ1) is 23.9. The summed E-state index contributed by atoms with van der Waals surface area (Å²) in [6.07, 6.45) is 0.241. The van der Waals surface area contributed by atoms with E-state index in [2.05, 4.69) is 0 Å². The van der Waals surface area contributed by atoms with Crippen molar-refractivity contribution in [2.24, 2.45) is 0 Å². The van der Waals surface area contributed by atoms with Crippen LogP contribution in [-0.2, 0) is 19.6 Å². The number of nitrogens with zero attached hydrogens (tertiary/aromatic N) is 2. The van der Waals surface area contributed by atoms with Crippen LogP contribution in [0, 0.1) is 19.7 Å². The molecule has 2 heterocycles. The molecule has 1 atom stereocenters. The van der Waals surface area contributed by atoms with Crippen molar-refractivity contribution < 1.29 is 31.6 Å². The summed E-state index contributed by atoms with van der Waals surface area (Å²) < 4.78 is 51.0. The van der Waals surface area contributed by atoms with Crippen molar-refractivity contribution in [2.75, 3.05) is 33.3 Å². The van der Waals surface area contributed by atoms with Crippen LogP contribution in [0.2, 0.25) is 0 Å². The predicted molar refractivity (Wildman–Crippen MR) is 114 cm³/mol. The number of halogens is 1. The van der Waals surface area contributed by atoms with Crippen molar-refractivity contribution in [2.45, 2.75) is 38.0 Å². The summed E-state index contributed by atoms with van der Waals surface area (Å²) in [5, 5.41) is 0. The number of hydrogen-bond donors (Lipinski definition) is 0. The van der Waals surface area contributed by atoms with E-state index in [1.807, 2.05) is 6.92 Å². The van der Waals surface area contributed by atoms with E-state index in [1.54, 1.807) is 17.0 Å². The fourth-order valence-electron chi connectivity index (χ4n) is 3.92. The molecule has 1 aliphatic heterocycles. The lowest BCUT2D eigenvalue weighted by molar-refractivity contribution is -0.132. The van der Waals surface area contributed by atoms with Crippen LogP contribution >= 0.6 is 0 Å². The van der Waals surface area contributed by atoms with Gasteiger partial charge in [-0.2, -0.15) is 4.31 Å². The lowest BCUT2D eigenvalue weighted by atomic mass is 9.97. The molecule has 0 aliphatic carbocycles. The zero-order chi connectivity index (χ0) is 23.6. The number of methoxy groups -OCH3 is 1. The van der Waals surface area contributed by atoms with Gasteiger partial charge in [-0.3, -0.25) is 4.79 Å². The molecule has 1 saturated heterocycles. The van der Waals surface area contributed by atoms with Gasteiger partial charge in [0.1, 0.15) is 27.8 Å². The Morgan fingerprint density at radius 1 is 1.09 bits per heavy atom. The normalized spacial score (nSPS) is 16.1. The number of esters is 1. The number of sulfonamides is 1. The van der Waals surface area contributed by atoms with Gasteiger partial charge in [-0.05, 0) is 37.5 Å². The molecule has 8 nitrogen and oxygen atoms in total. The summed E-state index contributed by atoms with van der Waals surface area (Å²) >= 11 is 0. The molecule has 1 aromatic carbocycles. The highest BCUT2D eigenvalue weighted by Crippen LogP contribution is 2.30. The number of ether oxygens (including phenoxy) is 1. The highest BCUT2D eigenvalue weighted by Gasteiger charge is 2.37. The molecular formula is C22H27FN2O6S. The monoisotopic (exact) mass is 466 g/mol. The zero-order valence-electron chi connectivity index (χ0n) is 18.6. The molecule has 2 aromatic rings. The van der Waals surface area contributed by atoms with Gasteiger partial charge < -0.3 is 14.1 Å². The molecule has 0 N–H and O–H groups in total. The van der Waals surface area contributed by atoms with Gasteiger partial charge >= 0.3 is 5.97 Å². The SMILES string of the molecule is COC(=O)c1c(C)oc(C)c1S(=O)(=O)N1CCN(C(=O)CC(C)c2ccc(F)cc2)CC1. The molecule has 10 heteroatoms. The molecule has 0 bridgehead atoms. The third-order valence-electron chi connectivity index (χ3n) is 5.70. The summed E-state index contributed by atoms with van der Waals surface area (Å²) in [5.74, 6) is -0.996. The number of piperazine rings is 1. The Bertz CT molecular complexity index is 1100. The Balaban J connectivity index is 1.68.